The van der Waals surface area contributed by atoms with Crippen LogP contribution in [0.5, 0.6) is 5.75 Å². The number of hydrogen-bond acceptors (Lipinski definition) is 5. The summed E-state index contributed by atoms with van der Waals surface area (Å²) in [4.78, 5) is 28.7. The third-order valence-corrected chi connectivity index (χ3v) is 8.30. The van der Waals surface area contributed by atoms with Crippen molar-refractivity contribution >= 4 is 27.5 Å². The van der Waals surface area contributed by atoms with E-state index in [1.807, 2.05) is 58.9 Å². The minimum Gasteiger partial charge on any atom is -0.497 e. The second-order valence-electron chi connectivity index (χ2n) is 10.9. The molecule has 0 heterocycles. The Hall–Kier alpha value is -3.85. The largest absolute Gasteiger partial charge is 0.497 e. The number of hydrogen-bond donors (Lipinski definition) is 1. The first kappa shape index (κ1) is 30.7. The minimum atomic E-state index is -4.15. The van der Waals surface area contributed by atoms with Crippen LogP contribution < -0.4 is 14.4 Å². The third kappa shape index (κ3) is 7.63. The Kier molecular flexibility index (Phi) is 9.63. The van der Waals surface area contributed by atoms with Crippen LogP contribution in [0.3, 0.4) is 0 Å². The van der Waals surface area contributed by atoms with Crippen LogP contribution in [-0.2, 0) is 26.2 Å². The van der Waals surface area contributed by atoms with E-state index in [4.69, 9.17) is 4.74 Å². The lowest BCUT2D eigenvalue weighted by molar-refractivity contribution is -0.140. The SMILES string of the molecule is COc1ccc(S(=O)(=O)N(CC(=O)N(Cc2ccccc2C)[C@H](C)C(=O)NC(C)(C)C)c2ccc(C)cc2)cc1. The molecule has 0 spiro atoms. The fourth-order valence-corrected chi connectivity index (χ4v) is 5.56. The van der Waals surface area contributed by atoms with Gasteiger partial charge in [0.25, 0.3) is 10.0 Å². The minimum absolute atomic E-state index is 0.0191. The number of amides is 2. The molecule has 3 aromatic carbocycles. The van der Waals surface area contributed by atoms with Gasteiger partial charge in [-0.15, -0.1) is 0 Å². The number of methoxy groups -OCH3 is 1. The number of sulfonamides is 1. The number of aryl methyl sites for hydroxylation is 2. The molecule has 0 fully saturated rings. The highest BCUT2D eigenvalue weighted by Crippen LogP contribution is 2.26. The van der Waals surface area contributed by atoms with Crippen molar-refractivity contribution in [2.75, 3.05) is 18.0 Å². The van der Waals surface area contributed by atoms with Gasteiger partial charge in [-0.25, -0.2) is 8.42 Å². The van der Waals surface area contributed by atoms with Gasteiger partial charge in [0, 0.05) is 12.1 Å². The van der Waals surface area contributed by atoms with Crippen LogP contribution in [0.2, 0.25) is 0 Å². The fraction of sp³-hybridized carbons (Fsp3) is 0.355. The summed E-state index contributed by atoms with van der Waals surface area (Å²) in [6.07, 6.45) is 0. The molecule has 2 amide bonds. The summed E-state index contributed by atoms with van der Waals surface area (Å²) in [7, 11) is -2.65. The van der Waals surface area contributed by atoms with E-state index in [0.29, 0.717) is 11.4 Å². The zero-order chi connectivity index (χ0) is 29.7. The molecule has 0 aliphatic carbocycles. The summed E-state index contributed by atoms with van der Waals surface area (Å²) in [5.41, 5.74) is 2.62. The number of benzene rings is 3. The Morgan fingerprint density at radius 2 is 1.52 bits per heavy atom. The number of anilines is 1. The lowest BCUT2D eigenvalue weighted by Crippen LogP contribution is -2.54. The molecule has 1 N–H and O–H groups in total. The molecule has 8 nitrogen and oxygen atoms in total. The van der Waals surface area contributed by atoms with Crippen LogP contribution in [-0.4, -0.2) is 50.4 Å². The molecule has 3 aromatic rings. The second kappa shape index (κ2) is 12.6. The molecule has 0 saturated heterocycles. The lowest BCUT2D eigenvalue weighted by Gasteiger charge is -2.33. The van der Waals surface area contributed by atoms with Crippen LogP contribution in [0.1, 0.15) is 44.4 Å². The Morgan fingerprint density at radius 3 is 2.08 bits per heavy atom. The maximum absolute atomic E-state index is 14.0. The number of rotatable bonds is 10. The summed E-state index contributed by atoms with van der Waals surface area (Å²) in [5, 5.41) is 2.94. The Bertz CT molecular complexity index is 1430. The maximum atomic E-state index is 14.0. The Morgan fingerprint density at radius 1 is 0.925 bits per heavy atom. The molecule has 0 aliphatic rings. The summed E-state index contributed by atoms with van der Waals surface area (Å²) in [5.74, 6) is -0.313. The molecule has 9 heteroatoms. The molecule has 214 valence electrons. The molecule has 0 bridgehead atoms. The Balaban J connectivity index is 2.04. The molecule has 0 saturated carbocycles. The summed E-state index contributed by atoms with van der Waals surface area (Å²) in [6, 6.07) is 19.7. The van der Waals surface area contributed by atoms with Crippen molar-refractivity contribution in [3.8, 4) is 5.75 Å². The third-order valence-electron chi connectivity index (χ3n) is 6.52. The number of carbonyl (C=O) groups is 2. The fourth-order valence-electron chi connectivity index (χ4n) is 4.14. The molecule has 0 aromatic heterocycles. The average molecular weight is 566 g/mol. The molecular formula is C31H39N3O5S. The van der Waals surface area contributed by atoms with Crippen molar-refractivity contribution in [3.05, 3.63) is 89.5 Å². The summed E-state index contributed by atoms with van der Waals surface area (Å²) >= 11 is 0. The zero-order valence-corrected chi connectivity index (χ0v) is 25.1. The molecule has 0 radical (unpaired) electrons. The normalized spacial score (nSPS) is 12.4. The van der Waals surface area contributed by atoms with Crippen molar-refractivity contribution in [1.29, 1.82) is 0 Å². The lowest BCUT2D eigenvalue weighted by atomic mass is 10.1. The zero-order valence-electron chi connectivity index (χ0n) is 24.3. The summed E-state index contributed by atoms with van der Waals surface area (Å²) < 4.78 is 34.1. The van der Waals surface area contributed by atoms with E-state index in [1.54, 1.807) is 43.3 Å². The van der Waals surface area contributed by atoms with Gasteiger partial charge < -0.3 is 15.0 Å². The molecular weight excluding hydrogens is 526 g/mol. The quantitative estimate of drug-likeness (QED) is 0.380. The van der Waals surface area contributed by atoms with E-state index in [2.05, 4.69) is 5.32 Å². The highest BCUT2D eigenvalue weighted by Gasteiger charge is 2.33. The van der Waals surface area contributed by atoms with Gasteiger partial charge in [-0.05, 0) is 89.1 Å². The van der Waals surface area contributed by atoms with E-state index < -0.39 is 34.1 Å². The van der Waals surface area contributed by atoms with E-state index >= 15 is 0 Å². The monoisotopic (exact) mass is 565 g/mol. The standard InChI is InChI=1S/C31H39N3O5S/c1-22-12-14-26(15-13-22)34(40(37,38)28-18-16-27(39-7)17-19-28)21-29(35)33(20-25-11-9-8-10-23(25)2)24(3)30(36)32-31(4,5)6/h8-19,24H,20-21H2,1-7H3,(H,32,36)/t24-/m1/s1. The predicted molar refractivity (Wildman–Crippen MR) is 158 cm³/mol. The number of nitrogens with one attached hydrogen (secondary N) is 1. The highest BCUT2D eigenvalue weighted by molar-refractivity contribution is 7.92. The molecule has 1 atom stereocenters. The average Bonchev–Trinajstić information content (AvgIpc) is 2.90. The van der Waals surface area contributed by atoms with Gasteiger partial charge in [0.1, 0.15) is 18.3 Å². The van der Waals surface area contributed by atoms with Gasteiger partial charge in [-0.3, -0.25) is 13.9 Å². The van der Waals surface area contributed by atoms with Gasteiger partial charge in [0.2, 0.25) is 11.8 Å². The van der Waals surface area contributed by atoms with E-state index in [1.165, 1.54) is 24.1 Å². The molecule has 3 rings (SSSR count). The molecule has 0 unspecified atom stereocenters. The van der Waals surface area contributed by atoms with Gasteiger partial charge in [-0.1, -0.05) is 42.0 Å². The van der Waals surface area contributed by atoms with E-state index in [9.17, 15) is 18.0 Å². The topological polar surface area (TPSA) is 96.0 Å². The first-order chi connectivity index (χ1) is 18.7. The smallest absolute Gasteiger partial charge is 0.264 e. The van der Waals surface area contributed by atoms with E-state index in [-0.39, 0.29) is 17.3 Å². The van der Waals surface area contributed by atoms with Gasteiger partial charge in [-0.2, -0.15) is 0 Å². The molecule has 0 aliphatic heterocycles. The van der Waals surface area contributed by atoms with Crippen LogP contribution >= 0.6 is 0 Å². The highest BCUT2D eigenvalue weighted by atomic mass is 32.2. The van der Waals surface area contributed by atoms with Crippen molar-refractivity contribution in [2.24, 2.45) is 0 Å². The van der Waals surface area contributed by atoms with Gasteiger partial charge in [0.15, 0.2) is 0 Å². The second-order valence-corrected chi connectivity index (χ2v) is 12.7. The van der Waals surface area contributed by atoms with Gasteiger partial charge >= 0.3 is 0 Å². The predicted octanol–water partition coefficient (Wildman–Crippen LogP) is 4.84. The van der Waals surface area contributed by atoms with Crippen molar-refractivity contribution in [1.82, 2.24) is 10.2 Å². The van der Waals surface area contributed by atoms with Gasteiger partial charge in [0.05, 0.1) is 17.7 Å². The maximum Gasteiger partial charge on any atom is 0.264 e. The van der Waals surface area contributed by atoms with Crippen LogP contribution in [0.15, 0.2) is 77.7 Å². The van der Waals surface area contributed by atoms with E-state index in [0.717, 1.165) is 21.0 Å². The first-order valence-electron chi connectivity index (χ1n) is 13.1. The number of carbonyl (C=O) groups excluding carboxylic acids is 2. The number of nitrogens with zero attached hydrogens (tertiary/aromatic N) is 2. The van der Waals surface area contributed by atoms with Crippen molar-refractivity contribution < 1.29 is 22.7 Å². The first-order valence-corrected chi connectivity index (χ1v) is 14.6. The van der Waals surface area contributed by atoms with Crippen LogP contribution in [0.4, 0.5) is 5.69 Å². The van der Waals surface area contributed by atoms with Crippen LogP contribution in [0.25, 0.3) is 0 Å². The van der Waals surface area contributed by atoms with Crippen LogP contribution in [0, 0.1) is 13.8 Å². The van der Waals surface area contributed by atoms with Crippen molar-refractivity contribution in [3.63, 3.8) is 0 Å². The molecule has 40 heavy (non-hydrogen) atoms. The Labute approximate surface area is 238 Å². The van der Waals surface area contributed by atoms with Crippen molar-refractivity contribution in [2.45, 2.75) is 64.6 Å². The number of ether oxygens (including phenoxy) is 1. The summed E-state index contributed by atoms with van der Waals surface area (Å²) in [6.45, 7) is 10.8.